The van der Waals surface area contributed by atoms with E-state index in [9.17, 15) is 0 Å². The van der Waals surface area contributed by atoms with Gasteiger partial charge in [0, 0.05) is 0 Å². The maximum Gasteiger partial charge on any atom is 0.303 e. The van der Waals surface area contributed by atoms with Gasteiger partial charge in [-0.25, -0.2) is 0 Å². The van der Waals surface area contributed by atoms with Gasteiger partial charge in [-0.1, -0.05) is 18.2 Å². The molecule has 2 heteroatoms. The van der Waals surface area contributed by atoms with Crippen molar-refractivity contribution in [2.45, 2.75) is 6.42 Å². The van der Waals surface area contributed by atoms with Gasteiger partial charge in [0.05, 0.1) is 12.0 Å². The molecule has 0 unspecified atom stereocenters. The normalized spacial score (nSPS) is 13.4. The summed E-state index contributed by atoms with van der Waals surface area (Å²) in [6, 6.07) is 7.95. The third-order valence-corrected chi connectivity index (χ3v) is 1.81. The zero-order valence-electron chi connectivity index (χ0n) is 5.41. The molecule has 0 aromatic heterocycles. The predicted octanol–water partition coefficient (Wildman–Crippen LogP) is 1.26. The highest BCUT2D eigenvalue weighted by Crippen LogP contribution is 2.20. The van der Waals surface area contributed by atoms with Crippen molar-refractivity contribution in [3.05, 3.63) is 40.9 Å². The van der Waals surface area contributed by atoms with Crippen molar-refractivity contribution in [3.8, 4) is 0 Å². The molecule has 2 rings (SSSR count). The van der Waals surface area contributed by atoms with Crippen LogP contribution >= 0.6 is 0 Å². The van der Waals surface area contributed by atoms with E-state index in [1.54, 1.807) is 0 Å². The first kappa shape index (κ1) is 5.39. The number of fused-ring (bicyclic) bond motifs is 1. The molecule has 0 fully saturated rings. The molecule has 1 aliphatic rings. The Morgan fingerprint density at radius 3 is 2.80 bits per heavy atom. The van der Waals surface area contributed by atoms with Crippen LogP contribution in [0.25, 0.3) is 5.53 Å². The Bertz CT molecular complexity index is 322. The summed E-state index contributed by atoms with van der Waals surface area (Å²) in [6.45, 7) is 0. The number of nitrogens with zero attached hydrogens (tertiary/aromatic N) is 2. The molecule has 0 bridgehead atoms. The smallest absolute Gasteiger partial charge is 0.303 e. The number of hydrogen-bond acceptors (Lipinski definition) is 0. The van der Waals surface area contributed by atoms with Crippen LogP contribution in [0.1, 0.15) is 11.1 Å². The highest BCUT2D eigenvalue weighted by atomic mass is 14.9. The molecule has 2 nitrogen and oxygen atoms in total. The van der Waals surface area contributed by atoms with Crippen LogP contribution in [-0.2, 0) is 6.42 Å². The summed E-state index contributed by atoms with van der Waals surface area (Å²) in [5.74, 6) is 0. The molecule has 1 aromatic carbocycles. The minimum absolute atomic E-state index is 0.801. The fourth-order valence-corrected chi connectivity index (χ4v) is 1.21. The van der Waals surface area contributed by atoms with Crippen molar-refractivity contribution in [1.82, 2.24) is 0 Å². The maximum absolute atomic E-state index is 8.42. The van der Waals surface area contributed by atoms with Crippen LogP contribution in [0.4, 0.5) is 0 Å². The quantitative estimate of drug-likeness (QED) is 0.374. The van der Waals surface area contributed by atoms with E-state index >= 15 is 0 Å². The molecule has 1 aromatic rings. The van der Waals surface area contributed by atoms with Gasteiger partial charge < -0.3 is 5.53 Å². The first-order valence-electron chi connectivity index (χ1n) is 3.21. The summed E-state index contributed by atoms with van der Waals surface area (Å²) in [6.07, 6.45) is 0.812. The molecule has 0 aliphatic heterocycles. The fraction of sp³-hybridized carbons (Fsp3) is 0.125. The van der Waals surface area contributed by atoms with Gasteiger partial charge in [0.2, 0.25) is 0 Å². The van der Waals surface area contributed by atoms with E-state index in [2.05, 4.69) is 4.79 Å². The van der Waals surface area contributed by atoms with Crippen LogP contribution in [0.3, 0.4) is 0 Å². The largest absolute Gasteiger partial charge is 0.361 e. The summed E-state index contributed by atoms with van der Waals surface area (Å²) < 4.78 is 0. The van der Waals surface area contributed by atoms with E-state index in [-0.39, 0.29) is 0 Å². The lowest BCUT2D eigenvalue weighted by atomic mass is 9.87. The van der Waals surface area contributed by atoms with Gasteiger partial charge in [0.25, 0.3) is 0 Å². The topological polar surface area (TPSA) is 36.4 Å². The minimum Gasteiger partial charge on any atom is -0.361 e. The van der Waals surface area contributed by atoms with E-state index in [0.29, 0.717) is 0 Å². The second-order valence-corrected chi connectivity index (χ2v) is 2.38. The summed E-state index contributed by atoms with van der Waals surface area (Å²) in [7, 11) is 0. The molecule has 0 spiro atoms. The van der Waals surface area contributed by atoms with Gasteiger partial charge in [-0.2, -0.15) is 4.79 Å². The van der Waals surface area contributed by atoms with Crippen molar-refractivity contribution in [2.75, 3.05) is 0 Å². The Kier molecular flexibility index (Phi) is 0.965. The van der Waals surface area contributed by atoms with Crippen molar-refractivity contribution in [3.63, 3.8) is 0 Å². The number of benzene rings is 1. The average Bonchev–Trinajstić information content (AvgIpc) is 1.92. The van der Waals surface area contributed by atoms with Crippen LogP contribution < -0.4 is 0 Å². The molecule has 0 saturated heterocycles. The lowest BCUT2D eigenvalue weighted by Gasteiger charge is -2.11. The number of rotatable bonds is 0. The molecule has 1 aliphatic carbocycles. The second kappa shape index (κ2) is 1.79. The zero-order valence-corrected chi connectivity index (χ0v) is 5.41. The summed E-state index contributed by atoms with van der Waals surface area (Å²) in [5, 5.41) is 0. The van der Waals surface area contributed by atoms with Crippen molar-refractivity contribution in [2.24, 2.45) is 0 Å². The number of hydrogen-bond donors (Lipinski definition) is 0. The standard InChI is InChI=1S/C8H6N2/c9-10-8-5-6-3-1-2-4-7(6)8/h1-4H,5H2. The van der Waals surface area contributed by atoms with E-state index in [0.717, 1.165) is 17.7 Å². The Labute approximate surface area is 58.7 Å². The Morgan fingerprint density at radius 2 is 2.10 bits per heavy atom. The second-order valence-electron chi connectivity index (χ2n) is 2.38. The molecule has 48 valence electrons. The lowest BCUT2D eigenvalue weighted by molar-refractivity contribution is -0.00814. The molecule has 0 N–H and O–H groups in total. The van der Waals surface area contributed by atoms with Gasteiger partial charge in [0.1, 0.15) is 0 Å². The van der Waals surface area contributed by atoms with Crippen LogP contribution in [0, 0.1) is 0 Å². The molecule has 0 atom stereocenters. The van der Waals surface area contributed by atoms with E-state index in [1.807, 2.05) is 24.3 Å². The minimum atomic E-state index is 0.801. The Hall–Kier alpha value is -1.40. The van der Waals surface area contributed by atoms with E-state index < -0.39 is 0 Å². The SMILES string of the molecule is [N-]=[N+]=C1Cc2ccccc21. The molecule has 0 amide bonds. The first-order valence-corrected chi connectivity index (χ1v) is 3.21. The third-order valence-electron chi connectivity index (χ3n) is 1.81. The average molecular weight is 130 g/mol. The highest BCUT2D eigenvalue weighted by Gasteiger charge is 2.26. The first-order chi connectivity index (χ1) is 4.92. The molecular weight excluding hydrogens is 124 g/mol. The molecule has 0 saturated carbocycles. The fourth-order valence-electron chi connectivity index (χ4n) is 1.21. The lowest BCUT2D eigenvalue weighted by Crippen LogP contribution is -2.20. The van der Waals surface area contributed by atoms with Crippen LogP contribution in [-0.4, -0.2) is 10.5 Å². The highest BCUT2D eigenvalue weighted by molar-refractivity contribution is 6.06. The summed E-state index contributed by atoms with van der Waals surface area (Å²) >= 11 is 0. The van der Waals surface area contributed by atoms with Gasteiger partial charge in [-0.15, -0.1) is 0 Å². The maximum atomic E-state index is 8.42. The predicted molar refractivity (Wildman–Crippen MR) is 37.9 cm³/mol. The molecule has 0 heterocycles. The summed E-state index contributed by atoms with van der Waals surface area (Å²) in [5.41, 5.74) is 11.6. The Morgan fingerprint density at radius 1 is 1.30 bits per heavy atom. The molecule has 10 heavy (non-hydrogen) atoms. The van der Waals surface area contributed by atoms with Gasteiger partial charge in [-0.3, -0.25) is 0 Å². The Balaban J connectivity index is 2.62. The van der Waals surface area contributed by atoms with E-state index in [4.69, 9.17) is 5.53 Å². The monoisotopic (exact) mass is 130 g/mol. The van der Waals surface area contributed by atoms with E-state index in [1.165, 1.54) is 5.56 Å². The third kappa shape index (κ3) is 0.539. The van der Waals surface area contributed by atoms with Crippen LogP contribution in [0.2, 0.25) is 0 Å². The van der Waals surface area contributed by atoms with Gasteiger partial charge in [-0.05, 0) is 11.6 Å². The zero-order chi connectivity index (χ0) is 6.97. The van der Waals surface area contributed by atoms with Gasteiger partial charge >= 0.3 is 5.71 Å². The van der Waals surface area contributed by atoms with Crippen molar-refractivity contribution >= 4 is 5.71 Å². The van der Waals surface area contributed by atoms with Crippen LogP contribution in [0.15, 0.2) is 24.3 Å². The van der Waals surface area contributed by atoms with Crippen LogP contribution in [0.5, 0.6) is 0 Å². The molecule has 0 radical (unpaired) electrons. The van der Waals surface area contributed by atoms with Crippen molar-refractivity contribution < 1.29 is 4.79 Å². The summed E-state index contributed by atoms with van der Waals surface area (Å²) in [4.78, 5) is 3.15. The molecular formula is C8H6N2. The van der Waals surface area contributed by atoms with Crippen molar-refractivity contribution in [1.29, 1.82) is 0 Å². The van der Waals surface area contributed by atoms with Gasteiger partial charge in [0.15, 0.2) is 0 Å².